The fourth-order valence-electron chi connectivity index (χ4n) is 3.59. The standard InChI is InChI=1S/C15H29N/c1-12(2)13-6-5-9-15(11-10-13)16-14-7-3-4-8-14/h12-16H,3-11H2,1-2H3. The Balaban J connectivity index is 1.74. The van der Waals surface area contributed by atoms with Crippen LogP contribution in [0.15, 0.2) is 0 Å². The summed E-state index contributed by atoms with van der Waals surface area (Å²) in [6.07, 6.45) is 13.0. The smallest absolute Gasteiger partial charge is 0.00697 e. The Labute approximate surface area is 101 Å². The van der Waals surface area contributed by atoms with Crippen molar-refractivity contribution in [2.45, 2.75) is 83.7 Å². The van der Waals surface area contributed by atoms with Gasteiger partial charge in [-0.05, 0) is 43.9 Å². The quantitative estimate of drug-likeness (QED) is 0.710. The maximum atomic E-state index is 3.92. The SMILES string of the molecule is CC(C)C1CCCC(NC2CCCC2)CC1. The first kappa shape index (κ1) is 12.4. The molecule has 1 heteroatoms. The van der Waals surface area contributed by atoms with Gasteiger partial charge in [-0.2, -0.15) is 0 Å². The van der Waals surface area contributed by atoms with Gasteiger partial charge in [0.1, 0.15) is 0 Å². The molecular weight excluding hydrogens is 194 g/mol. The van der Waals surface area contributed by atoms with Crippen LogP contribution in [0.4, 0.5) is 0 Å². The molecule has 94 valence electrons. The summed E-state index contributed by atoms with van der Waals surface area (Å²) >= 11 is 0. The van der Waals surface area contributed by atoms with E-state index in [0.29, 0.717) is 0 Å². The Kier molecular flexibility index (Phi) is 4.69. The second-order valence-corrected chi connectivity index (χ2v) is 6.36. The third-order valence-corrected chi connectivity index (χ3v) is 4.78. The van der Waals surface area contributed by atoms with Gasteiger partial charge in [0.25, 0.3) is 0 Å². The molecule has 2 rings (SSSR count). The van der Waals surface area contributed by atoms with E-state index in [1.807, 2.05) is 0 Å². The lowest BCUT2D eigenvalue weighted by atomic mass is 9.89. The number of rotatable bonds is 3. The Hall–Kier alpha value is -0.0400. The van der Waals surface area contributed by atoms with Gasteiger partial charge in [0.2, 0.25) is 0 Å². The largest absolute Gasteiger partial charge is 0.311 e. The molecule has 0 amide bonds. The molecule has 0 aromatic carbocycles. The van der Waals surface area contributed by atoms with Crippen molar-refractivity contribution >= 4 is 0 Å². The normalized spacial score (nSPS) is 33.2. The molecule has 0 heterocycles. The van der Waals surface area contributed by atoms with E-state index >= 15 is 0 Å². The summed E-state index contributed by atoms with van der Waals surface area (Å²) in [5.41, 5.74) is 0. The third kappa shape index (κ3) is 3.48. The first-order chi connectivity index (χ1) is 7.75. The summed E-state index contributed by atoms with van der Waals surface area (Å²) in [6.45, 7) is 4.80. The van der Waals surface area contributed by atoms with Gasteiger partial charge in [0, 0.05) is 12.1 Å². The minimum absolute atomic E-state index is 0.840. The molecule has 0 aliphatic heterocycles. The number of hydrogen-bond donors (Lipinski definition) is 1. The van der Waals surface area contributed by atoms with Crippen LogP contribution in [-0.4, -0.2) is 12.1 Å². The highest BCUT2D eigenvalue weighted by molar-refractivity contribution is 4.82. The van der Waals surface area contributed by atoms with Gasteiger partial charge in [-0.25, -0.2) is 0 Å². The van der Waals surface area contributed by atoms with Crippen LogP contribution in [0.3, 0.4) is 0 Å². The summed E-state index contributed by atoms with van der Waals surface area (Å²) < 4.78 is 0. The minimum atomic E-state index is 0.840. The van der Waals surface area contributed by atoms with Gasteiger partial charge in [-0.3, -0.25) is 0 Å². The molecule has 2 atom stereocenters. The minimum Gasteiger partial charge on any atom is -0.311 e. The van der Waals surface area contributed by atoms with Crippen molar-refractivity contribution in [1.29, 1.82) is 0 Å². The Bertz CT molecular complexity index is 194. The van der Waals surface area contributed by atoms with Gasteiger partial charge in [0.15, 0.2) is 0 Å². The third-order valence-electron chi connectivity index (χ3n) is 4.78. The van der Waals surface area contributed by atoms with Crippen LogP contribution in [0.25, 0.3) is 0 Å². The number of hydrogen-bond acceptors (Lipinski definition) is 1. The summed E-state index contributed by atoms with van der Waals surface area (Å²) in [7, 11) is 0. The predicted molar refractivity (Wildman–Crippen MR) is 70.6 cm³/mol. The fraction of sp³-hybridized carbons (Fsp3) is 1.00. The molecule has 2 aliphatic rings. The van der Waals surface area contributed by atoms with E-state index in [9.17, 15) is 0 Å². The Morgan fingerprint density at radius 1 is 0.750 bits per heavy atom. The topological polar surface area (TPSA) is 12.0 Å². The molecule has 2 fully saturated rings. The van der Waals surface area contributed by atoms with Crippen molar-refractivity contribution in [2.24, 2.45) is 11.8 Å². The first-order valence-electron chi connectivity index (χ1n) is 7.51. The molecule has 0 bridgehead atoms. The first-order valence-corrected chi connectivity index (χ1v) is 7.51. The van der Waals surface area contributed by atoms with Crippen molar-refractivity contribution in [3.05, 3.63) is 0 Å². The average molecular weight is 223 g/mol. The summed E-state index contributed by atoms with van der Waals surface area (Å²) in [6, 6.07) is 1.70. The molecule has 0 aromatic heterocycles. The van der Waals surface area contributed by atoms with Crippen LogP contribution in [0.2, 0.25) is 0 Å². The highest BCUT2D eigenvalue weighted by Gasteiger charge is 2.23. The summed E-state index contributed by atoms with van der Waals surface area (Å²) in [5.74, 6) is 1.89. The van der Waals surface area contributed by atoms with Crippen LogP contribution in [0.5, 0.6) is 0 Å². The zero-order chi connectivity index (χ0) is 11.4. The highest BCUT2D eigenvalue weighted by atomic mass is 15.0. The van der Waals surface area contributed by atoms with Gasteiger partial charge in [0.05, 0.1) is 0 Å². The average Bonchev–Trinajstić information content (AvgIpc) is 2.63. The van der Waals surface area contributed by atoms with Crippen LogP contribution in [0, 0.1) is 11.8 Å². The second kappa shape index (κ2) is 6.05. The monoisotopic (exact) mass is 223 g/mol. The van der Waals surface area contributed by atoms with Gasteiger partial charge in [-0.1, -0.05) is 39.5 Å². The highest BCUT2D eigenvalue weighted by Crippen LogP contribution is 2.29. The lowest BCUT2D eigenvalue weighted by Crippen LogP contribution is -2.36. The molecule has 0 spiro atoms. The lowest BCUT2D eigenvalue weighted by molar-refractivity contribution is 0.333. The van der Waals surface area contributed by atoms with E-state index in [1.165, 1.54) is 57.8 Å². The second-order valence-electron chi connectivity index (χ2n) is 6.36. The van der Waals surface area contributed by atoms with E-state index in [0.717, 1.165) is 23.9 Å². The summed E-state index contributed by atoms with van der Waals surface area (Å²) in [5, 5.41) is 3.92. The molecular formula is C15H29N. The van der Waals surface area contributed by atoms with Crippen LogP contribution in [-0.2, 0) is 0 Å². The molecule has 2 saturated carbocycles. The number of nitrogens with one attached hydrogen (secondary N) is 1. The van der Waals surface area contributed by atoms with Crippen molar-refractivity contribution < 1.29 is 0 Å². The maximum Gasteiger partial charge on any atom is 0.00697 e. The van der Waals surface area contributed by atoms with E-state index in [-0.39, 0.29) is 0 Å². The molecule has 1 N–H and O–H groups in total. The molecule has 2 unspecified atom stereocenters. The van der Waals surface area contributed by atoms with Gasteiger partial charge < -0.3 is 5.32 Å². The zero-order valence-corrected chi connectivity index (χ0v) is 11.2. The maximum absolute atomic E-state index is 3.92. The van der Waals surface area contributed by atoms with E-state index in [2.05, 4.69) is 19.2 Å². The molecule has 2 aliphatic carbocycles. The van der Waals surface area contributed by atoms with Gasteiger partial charge in [-0.15, -0.1) is 0 Å². The Morgan fingerprint density at radius 2 is 1.38 bits per heavy atom. The lowest BCUT2D eigenvalue weighted by Gasteiger charge is -2.22. The predicted octanol–water partition coefficient (Wildman–Crippen LogP) is 4.12. The molecule has 0 radical (unpaired) electrons. The molecule has 16 heavy (non-hydrogen) atoms. The Morgan fingerprint density at radius 3 is 2.06 bits per heavy atom. The fourth-order valence-corrected chi connectivity index (χ4v) is 3.59. The van der Waals surface area contributed by atoms with E-state index in [4.69, 9.17) is 0 Å². The van der Waals surface area contributed by atoms with E-state index in [1.54, 1.807) is 0 Å². The van der Waals surface area contributed by atoms with Crippen molar-refractivity contribution in [1.82, 2.24) is 5.32 Å². The van der Waals surface area contributed by atoms with Crippen LogP contribution < -0.4 is 5.32 Å². The molecule has 0 aromatic rings. The molecule has 1 nitrogen and oxygen atoms in total. The molecule has 0 saturated heterocycles. The van der Waals surface area contributed by atoms with Crippen molar-refractivity contribution in [3.8, 4) is 0 Å². The zero-order valence-electron chi connectivity index (χ0n) is 11.2. The van der Waals surface area contributed by atoms with Crippen molar-refractivity contribution in [2.75, 3.05) is 0 Å². The van der Waals surface area contributed by atoms with Crippen LogP contribution in [0.1, 0.15) is 71.6 Å². The van der Waals surface area contributed by atoms with E-state index < -0.39 is 0 Å². The van der Waals surface area contributed by atoms with Crippen molar-refractivity contribution in [3.63, 3.8) is 0 Å². The van der Waals surface area contributed by atoms with Gasteiger partial charge >= 0.3 is 0 Å². The summed E-state index contributed by atoms with van der Waals surface area (Å²) in [4.78, 5) is 0. The van der Waals surface area contributed by atoms with Crippen LogP contribution >= 0.6 is 0 Å².